The van der Waals surface area contributed by atoms with Gasteiger partial charge in [0.25, 0.3) is 0 Å². The van der Waals surface area contributed by atoms with Crippen LogP contribution >= 0.6 is 0 Å². The van der Waals surface area contributed by atoms with E-state index < -0.39 is 11.8 Å². The van der Waals surface area contributed by atoms with Crippen molar-refractivity contribution in [2.45, 2.75) is 25.9 Å². The Bertz CT molecular complexity index is 476. The molecule has 0 radical (unpaired) electrons. The van der Waals surface area contributed by atoms with Gasteiger partial charge in [-0.2, -0.15) is 0 Å². The van der Waals surface area contributed by atoms with E-state index in [1.165, 1.54) is 12.1 Å². The van der Waals surface area contributed by atoms with Gasteiger partial charge in [-0.25, -0.2) is 9.18 Å². The lowest BCUT2D eigenvalue weighted by Gasteiger charge is -2.10. The molecule has 6 heteroatoms. The first-order valence-electron chi connectivity index (χ1n) is 5.79. The molecule has 1 aromatic rings. The first-order valence-corrected chi connectivity index (χ1v) is 5.79. The third-order valence-corrected chi connectivity index (χ3v) is 2.67. The third kappa shape index (κ3) is 4.67. The van der Waals surface area contributed by atoms with Gasteiger partial charge in [-0.15, -0.1) is 0 Å². The molecule has 0 aliphatic rings. The number of halogens is 1. The van der Waals surface area contributed by atoms with Gasteiger partial charge in [0.1, 0.15) is 5.82 Å². The van der Waals surface area contributed by atoms with Crippen molar-refractivity contribution in [2.24, 2.45) is 0 Å². The molecule has 0 aliphatic carbocycles. The highest BCUT2D eigenvalue weighted by molar-refractivity contribution is 5.92. The Morgan fingerprint density at radius 1 is 1.47 bits per heavy atom. The number of carboxylic acid groups (broad SMARTS) is 1. The van der Waals surface area contributed by atoms with Crippen molar-refractivity contribution in [3.63, 3.8) is 0 Å². The number of nitrogens with one attached hydrogen (secondary N) is 1. The Hall–Kier alpha value is -1.95. The number of anilines is 1. The van der Waals surface area contributed by atoms with Crippen molar-refractivity contribution in [1.29, 1.82) is 0 Å². The first kappa shape index (κ1) is 15.1. The highest BCUT2D eigenvalue weighted by atomic mass is 19.1. The summed E-state index contributed by atoms with van der Waals surface area (Å²) in [6.07, 6.45) is 0.678. The lowest BCUT2D eigenvalue weighted by molar-refractivity contribution is -0.116. The average molecular weight is 269 g/mol. The minimum Gasteiger partial charge on any atom is -0.478 e. The molecule has 0 fully saturated rings. The Labute approximate surface area is 110 Å². The smallest absolute Gasteiger partial charge is 0.335 e. The zero-order chi connectivity index (χ0) is 14.4. The van der Waals surface area contributed by atoms with Crippen LogP contribution in [0, 0.1) is 5.82 Å². The standard InChI is InChI=1S/C13H16FNO4/c1-8(19-2)3-6-12(16)15-11-5-4-9(13(17)18)7-10(11)14/h4-5,7-8H,3,6H2,1-2H3,(H,15,16)(H,17,18). The second-order valence-corrected chi connectivity index (χ2v) is 4.13. The molecule has 0 aromatic heterocycles. The number of aromatic carboxylic acids is 1. The maximum Gasteiger partial charge on any atom is 0.335 e. The van der Waals surface area contributed by atoms with Crippen molar-refractivity contribution in [2.75, 3.05) is 12.4 Å². The minimum atomic E-state index is -1.22. The summed E-state index contributed by atoms with van der Waals surface area (Å²) in [6, 6.07) is 3.34. The normalized spacial score (nSPS) is 11.9. The molecule has 1 rings (SSSR count). The first-order chi connectivity index (χ1) is 8.93. The Morgan fingerprint density at radius 3 is 2.68 bits per heavy atom. The van der Waals surface area contributed by atoms with Crippen molar-refractivity contribution < 1.29 is 23.8 Å². The largest absolute Gasteiger partial charge is 0.478 e. The van der Waals surface area contributed by atoms with Crippen LogP contribution in [0.25, 0.3) is 0 Å². The molecule has 5 nitrogen and oxygen atoms in total. The molecule has 1 unspecified atom stereocenters. The number of amides is 1. The summed E-state index contributed by atoms with van der Waals surface area (Å²) >= 11 is 0. The quantitative estimate of drug-likeness (QED) is 0.830. The predicted molar refractivity (Wildman–Crippen MR) is 67.7 cm³/mol. The minimum absolute atomic E-state index is 0.0277. The SMILES string of the molecule is COC(C)CCC(=O)Nc1ccc(C(=O)O)cc1F. The summed E-state index contributed by atoms with van der Waals surface area (Å²) in [7, 11) is 1.55. The number of carbonyl (C=O) groups is 2. The van der Waals surface area contributed by atoms with Crippen LogP contribution in [-0.4, -0.2) is 30.2 Å². The fourth-order valence-electron chi connectivity index (χ4n) is 1.41. The molecule has 104 valence electrons. The Balaban J connectivity index is 2.62. The summed E-state index contributed by atoms with van der Waals surface area (Å²) < 4.78 is 18.5. The maximum atomic E-state index is 13.5. The zero-order valence-electron chi connectivity index (χ0n) is 10.8. The molecule has 1 atom stereocenters. The summed E-state index contributed by atoms with van der Waals surface area (Å²) in [4.78, 5) is 22.2. The van der Waals surface area contributed by atoms with E-state index in [1.54, 1.807) is 7.11 Å². The molecule has 19 heavy (non-hydrogen) atoms. The van der Waals surface area contributed by atoms with Crippen LogP contribution in [0.1, 0.15) is 30.1 Å². The van der Waals surface area contributed by atoms with Crippen LogP contribution in [0.15, 0.2) is 18.2 Å². The van der Waals surface area contributed by atoms with Gasteiger partial charge in [-0.3, -0.25) is 4.79 Å². The second-order valence-electron chi connectivity index (χ2n) is 4.13. The topological polar surface area (TPSA) is 75.6 Å². The fourth-order valence-corrected chi connectivity index (χ4v) is 1.41. The van der Waals surface area contributed by atoms with E-state index in [4.69, 9.17) is 9.84 Å². The molecular formula is C13H16FNO4. The van der Waals surface area contributed by atoms with E-state index >= 15 is 0 Å². The van der Waals surface area contributed by atoms with E-state index in [0.29, 0.717) is 6.42 Å². The number of carbonyl (C=O) groups excluding carboxylic acids is 1. The number of methoxy groups -OCH3 is 1. The number of hydrogen-bond acceptors (Lipinski definition) is 3. The van der Waals surface area contributed by atoms with E-state index in [2.05, 4.69) is 5.32 Å². The van der Waals surface area contributed by atoms with Crippen molar-refractivity contribution >= 4 is 17.6 Å². The van der Waals surface area contributed by atoms with E-state index in [1.807, 2.05) is 6.92 Å². The molecule has 0 aliphatic heterocycles. The summed E-state index contributed by atoms with van der Waals surface area (Å²) in [5.74, 6) is -2.33. The maximum absolute atomic E-state index is 13.5. The van der Waals surface area contributed by atoms with Gasteiger partial charge in [-0.05, 0) is 31.5 Å². The van der Waals surface area contributed by atoms with Crippen molar-refractivity contribution in [3.05, 3.63) is 29.6 Å². The molecule has 0 bridgehead atoms. The summed E-state index contributed by atoms with van der Waals surface area (Å²) in [6.45, 7) is 1.83. The number of rotatable bonds is 6. The van der Waals surface area contributed by atoms with E-state index in [-0.39, 0.29) is 29.7 Å². The van der Waals surface area contributed by atoms with E-state index in [0.717, 1.165) is 6.07 Å². The number of hydrogen-bond donors (Lipinski definition) is 2. The lowest BCUT2D eigenvalue weighted by Crippen LogP contribution is -2.16. The van der Waals surface area contributed by atoms with Crippen LogP contribution in [0.3, 0.4) is 0 Å². The van der Waals surface area contributed by atoms with Gasteiger partial charge in [0.15, 0.2) is 0 Å². The predicted octanol–water partition coefficient (Wildman–Crippen LogP) is 2.28. The van der Waals surface area contributed by atoms with Crippen LogP contribution in [0.2, 0.25) is 0 Å². The van der Waals surface area contributed by atoms with Gasteiger partial charge in [0, 0.05) is 13.5 Å². The lowest BCUT2D eigenvalue weighted by atomic mass is 10.2. The van der Waals surface area contributed by atoms with Gasteiger partial charge in [0.2, 0.25) is 5.91 Å². The highest BCUT2D eigenvalue weighted by Crippen LogP contribution is 2.16. The molecule has 0 saturated heterocycles. The van der Waals surface area contributed by atoms with E-state index in [9.17, 15) is 14.0 Å². The number of benzene rings is 1. The highest BCUT2D eigenvalue weighted by Gasteiger charge is 2.11. The zero-order valence-corrected chi connectivity index (χ0v) is 10.8. The number of ether oxygens (including phenoxy) is 1. The summed E-state index contributed by atoms with van der Waals surface area (Å²) in [5, 5.41) is 11.1. The summed E-state index contributed by atoms with van der Waals surface area (Å²) in [5.41, 5.74) is -0.191. The van der Waals surface area contributed by atoms with Crippen LogP contribution in [0.5, 0.6) is 0 Å². The van der Waals surface area contributed by atoms with Gasteiger partial charge in [0.05, 0.1) is 17.4 Å². The van der Waals surface area contributed by atoms with Gasteiger partial charge in [-0.1, -0.05) is 0 Å². The average Bonchev–Trinajstić information content (AvgIpc) is 2.38. The van der Waals surface area contributed by atoms with Crippen LogP contribution in [0.4, 0.5) is 10.1 Å². The van der Waals surface area contributed by atoms with Gasteiger partial charge >= 0.3 is 5.97 Å². The third-order valence-electron chi connectivity index (χ3n) is 2.67. The fraction of sp³-hybridized carbons (Fsp3) is 0.385. The molecule has 2 N–H and O–H groups in total. The molecule has 0 saturated carbocycles. The Morgan fingerprint density at radius 2 is 2.16 bits per heavy atom. The monoisotopic (exact) mass is 269 g/mol. The molecule has 1 aromatic carbocycles. The molecular weight excluding hydrogens is 253 g/mol. The van der Waals surface area contributed by atoms with Crippen molar-refractivity contribution in [3.8, 4) is 0 Å². The van der Waals surface area contributed by atoms with Crippen LogP contribution in [-0.2, 0) is 9.53 Å². The van der Waals surface area contributed by atoms with Crippen LogP contribution < -0.4 is 5.32 Å². The molecule has 0 heterocycles. The molecule has 0 spiro atoms. The van der Waals surface area contributed by atoms with Crippen molar-refractivity contribution in [1.82, 2.24) is 0 Å². The van der Waals surface area contributed by atoms with Gasteiger partial charge < -0.3 is 15.2 Å². The molecule has 1 amide bonds. The Kier molecular flexibility index (Phi) is 5.44. The second kappa shape index (κ2) is 6.84. The number of carboxylic acids is 1.